The zero-order valence-corrected chi connectivity index (χ0v) is 42.3. The van der Waals surface area contributed by atoms with Gasteiger partial charge < -0.3 is 9.47 Å². The van der Waals surface area contributed by atoms with E-state index in [0.717, 1.165) is 112 Å². The summed E-state index contributed by atoms with van der Waals surface area (Å²) in [6.07, 6.45) is 11.4. The van der Waals surface area contributed by atoms with Crippen LogP contribution in [-0.4, -0.2) is 75.9 Å². The minimum absolute atomic E-state index is 0.195. The molecule has 0 spiro atoms. The number of sulfonamides is 2. The molecule has 2 saturated heterocycles. The highest BCUT2D eigenvalue weighted by atomic mass is 32.2. The largest absolute Gasteiger partial charge is 0.381 e. The van der Waals surface area contributed by atoms with Crippen molar-refractivity contribution in [3.05, 3.63) is 108 Å². The molecule has 0 radical (unpaired) electrons. The van der Waals surface area contributed by atoms with Crippen LogP contribution in [0.5, 0.6) is 0 Å². The predicted molar refractivity (Wildman–Crippen MR) is 271 cm³/mol. The van der Waals surface area contributed by atoms with Crippen LogP contribution in [-0.2, 0) is 48.9 Å². The highest BCUT2D eigenvalue weighted by molar-refractivity contribution is 7.93. The van der Waals surface area contributed by atoms with Gasteiger partial charge in [-0.25, -0.2) is 16.8 Å². The molecular formula is C53H72N6O6S2. The number of benzene rings is 4. The number of aryl methyl sites for hydroxylation is 2. The summed E-state index contributed by atoms with van der Waals surface area (Å²) in [4.78, 5) is 0.614. The highest BCUT2D eigenvalue weighted by Gasteiger charge is 2.29. The van der Waals surface area contributed by atoms with Crippen molar-refractivity contribution in [3.63, 3.8) is 0 Å². The highest BCUT2D eigenvalue weighted by Crippen LogP contribution is 2.32. The molecule has 4 aromatic carbocycles. The lowest BCUT2D eigenvalue weighted by Gasteiger charge is -2.28. The van der Waals surface area contributed by atoms with Gasteiger partial charge >= 0.3 is 0 Å². The van der Waals surface area contributed by atoms with Crippen molar-refractivity contribution in [2.45, 2.75) is 122 Å². The van der Waals surface area contributed by atoms with Crippen LogP contribution in [0.3, 0.4) is 0 Å². The van der Waals surface area contributed by atoms with Crippen LogP contribution in [0.4, 0.5) is 11.4 Å². The number of ether oxygens (including phenoxy) is 2. The number of hydrogen-bond donors (Lipinski definition) is 0. The maximum absolute atomic E-state index is 14.0. The van der Waals surface area contributed by atoms with Gasteiger partial charge in [0.2, 0.25) is 0 Å². The molecule has 8 rings (SSSR count). The van der Waals surface area contributed by atoms with Crippen molar-refractivity contribution >= 4 is 53.2 Å². The Balaban J connectivity index is 0.000000201. The average molecular weight is 953 g/mol. The third-order valence-electron chi connectivity index (χ3n) is 13.4. The number of hydrogen-bond acceptors (Lipinski definition) is 8. The lowest BCUT2D eigenvalue weighted by Crippen LogP contribution is -2.35. The molecule has 14 heteroatoms. The van der Waals surface area contributed by atoms with Crippen LogP contribution in [0.25, 0.3) is 21.8 Å². The molecule has 6 aromatic rings. The van der Waals surface area contributed by atoms with E-state index in [-0.39, 0.29) is 11.8 Å². The zero-order chi connectivity index (χ0) is 47.7. The molecule has 0 amide bonds. The fourth-order valence-corrected chi connectivity index (χ4v) is 12.5. The second kappa shape index (κ2) is 22.6. The summed E-state index contributed by atoms with van der Waals surface area (Å²) in [5.74, 6) is 1.54. The van der Waals surface area contributed by atoms with Gasteiger partial charge in [0.1, 0.15) is 0 Å². The number of rotatable bonds is 18. The van der Waals surface area contributed by atoms with Crippen molar-refractivity contribution in [1.82, 2.24) is 19.6 Å². The summed E-state index contributed by atoms with van der Waals surface area (Å²) in [5.41, 5.74) is 5.75. The summed E-state index contributed by atoms with van der Waals surface area (Å²) >= 11 is 0. The van der Waals surface area contributed by atoms with Gasteiger partial charge in [-0.1, -0.05) is 79.2 Å². The summed E-state index contributed by atoms with van der Waals surface area (Å²) < 4.78 is 73.5. The first-order valence-electron chi connectivity index (χ1n) is 24.5. The van der Waals surface area contributed by atoms with Crippen molar-refractivity contribution < 1.29 is 26.3 Å². The maximum atomic E-state index is 14.0. The number of anilines is 2. The van der Waals surface area contributed by atoms with Gasteiger partial charge in [-0.05, 0) is 140 Å². The number of aromatic nitrogens is 4. The molecular weight excluding hydrogens is 881 g/mol. The Kier molecular flexibility index (Phi) is 16.9. The molecule has 67 heavy (non-hydrogen) atoms. The molecule has 2 atom stereocenters. The minimum atomic E-state index is -3.74. The van der Waals surface area contributed by atoms with E-state index in [4.69, 9.17) is 9.47 Å². The molecule has 2 aromatic heterocycles. The van der Waals surface area contributed by atoms with E-state index in [0.29, 0.717) is 46.4 Å². The van der Waals surface area contributed by atoms with E-state index >= 15 is 0 Å². The fraction of sp³-hybridized carbons (Fsp3) is 0.509. The topological polar surface area (TPSA) is 129 Å². The first kappa shape index (κ1) is 50.1. The molecule has 0 saturated carbocycles. The van der Waals surface area contributed by atoms with Gasteiger partial charge in [0, 0.05) is 56.8 Å². The van der Waals surface area contributed by atoms with Gasteiger partial charge in [0.05, 0.1) is 50.6 Å². The fourth-order valence-electron chi connectivity index (χ4n) is 9.23. The van der Waals surface area contributed by atoms with Gasteiger partial charge in [-0.2, -0.15) is 10.2 Å². The number of nitrogens with zero attached hydrogens (tertiary/aromatic N) is 6. The summed E-state index contributed by atoms with van der Waals surface area (Å²) in [6, 6.07) is 26.8. The van der Waals surface area contributed by atoms with E-state index in [1.54, 1.807) is 41.0 Å². The van der Waals surface area contributed by atoms with Gasteiger partial charge in [-0.3, -0.25) is 18.0 Å². The minimum Gasteiger partial charge on any atom is -0.381 e. The Morgan fingerprint density at radius 3 is 1.63 bits per heavy atom. The molecule has 0 bridgehead atoms. The van der Waals surface area contributed by atoms with Crippen LogP contribution in [0.1, 0.15) is 104 Å². The van der Waals surface area contributed by atoms with Gasteiger partial charge in [-0.15, -0.1) is 0 Å². The standard InChI is InChI=1S/C29H41N3O3S.C24H31N3O3S/c1-5-22(3)17-23(4)20-32(27-9-7-24(6-2)8-10-27)36(33,34)28-11-12-29-26(18-28)19-30-31(29)21-25-13-15-35-16-14-25;1-4-19-5-7-21(8-6-19)26(17-18(2)3)31(28,29)23-9-10-24-20(15-23)16-25-27(24)22-11-13-30-14-12-22/h7-12,18-19,22-23,25H,5-6,13-17,20-21H2,1-4H3;5-10,15-16,18,22H,4,11-14,17H2,1-3H3. The smallest absolute Gasteiger partial charge is 0.264 e. The van der Waals surface area contributed by atoms with Crippen LogP contribution in [0.2, 0.25) is 0 Å². The van der Waals surface area contributed by atoms with Crippen molar-refractivity contribution in [2.24, 2.45) is 23.7 Å². The summed E-state index contributed by atoms with van der Waals surface area (Å²) in [6.45, 7) is 19.6. The Labute approximate surface area is 399 Å². The van der Waals surface area contributed by atoms with E-state index in [2.05, 4.69) is 44.8 Å². The molecule has 2 aliphatic heterocycles. The van der Waals surface area contributed by atoms with Crippen molar-refractivity contribution in [1.29, 1.82) is 0 Å². The molecule has 362 valence electrons. The predicted octanol–water partition coefficient (Wildman–Crippen LogP) is 11.1. The van der Waals surface area contributed by atoms with E-state index in [9.17, 15) is 16.8 Å². The molecule has 12 nitrogen and oxygen atoms in total. The van der Waals surface area contributed by atoms with Crippen LogP contribution in [0.15, 0.2) is 107 Å². The molecule has 0 aliphatic carbocycles. The van der Waals surface area contributed by atoms with Crippen molar-refractivity contribution in [3.8, 4) is 0 Å². The van der Waals surface area contributed by atoms with E-state index < -0.39 is 20.0 Å². The normalized spacial score (nSPS) is 16.2. The second-order valence-electron chi connectivity index (χ2n) is 19.1. The first-order chi connectivity index (χ1) is 32.2. The quantitative estimate of drug-likeness (QED) is 0.0833. The van der Waals surface area contributed by atoms with Crippen LogP contribution >= 0.6 is 0 Å². The second-order valence-corrected chi connectivity index (χ2v) is 22.8. The van der Waals surface area contributed by atoms with Crippen molar-refractivity contribution in [2.75, 3.05) is 48.1 Å². The van der Waals surface area contributed by atoms with E-state index in [1.807, 2.05) is 83.9 Å². The molecule has 2 aliphatic rings. The average Bonchev–Trinajstić information content (AvgIpc) is 3.97. The third-order valence-corrected chi connectivity index (χ3v) is 17.0. The van der Waals surface area contributed by atoms with Crippen LogP contribution in [0, 0.1) is 23.7 Å². The monoisotopic (exact) mass is 952 g/mol. The summed E-state index contributed by atoms with van der Waals surface area (Å²) in [7, 11) is -7.44. The Morgan fingerprint density at radius 1 is 0.612 bits per heavy atom. The molecule has 2 fully saturated rings. The van der Waals surface area contributed by atoms with Gasteiger partial charge in [0.15, 0.2) is 0 Å². The molecule has 4 heterocycles. The van der Waals surface area contributed by atoms with Crippen LogP contribution < -0.4 is 8.61 Å². The van der Waals surface area contributed by atoms with Gasteiger partial charge in [0.25, 0.3) is 20.0 Å². The Bertz CT molecular complexity index is 2740. The first-order valence-corrected chi connectivity index (χ1v) is 27.4. The number of fused-ring (bicyclic) bond motifs is 2. The lowest BCUT2D eigenvalue weighted by molar-refractivity contribution is 0.0605. The summed E-state index contributed by atoms with van der Waals surface area (Å²) in [5, 5.41) is 10.9. The SMILES string of the molecule is CCc1ccc(N(CC(C)C)S(=O)(=O)c2ccc3c(cnn3C3CCOCC3)c2)cc1.CCc1ccc(N(CC(C)CC(C)CC)S(=O)(=O)c2ccc3c(cnn3CC3CCOCC3)c2)cc1. The molecule has 0 N–H and O–H groups in total. The Morgan fingerprint density at radius 2 is 1.10 bits per heavy atom. The Hall–Kier alpha value is -4.76. The molecule has 2 unspecified atom stereocenters. The zero-order valence-electron chi connectivity index (χ0n) is 40.7. The third kappa shape index (κ3) is 12.1. The maximum Gasteiger partial charge on any atom is 0.264 e. The van der Waals surface area contributed by atoms with E-state index in [1.165, 1.54) is 15.4 Å². The lowest BCUT2D eigenvalue weighted by atomic mass is 9.95.